The highest BCUT2D eigenvalue weighted by molar-refractivity contribution is 7.16. The van der Waals surface area contributed by atoms with E-state index in [4.69, 9.17) is 0 Å². The van der Waals surface area contributed by atoms with Crippen molar-refractivity contribution in [1.82, 2.24) is 4.57 Å². The second-order valence-electron chi connectivity index (χ2n) is 5.94. The maximum absolute atomic E-state index is 13.2. The first kappa shape index (κ1) is 18.4. The van der Waals surface area contributed by atoms with Gasteiger partial charge in [0.05, 0.1) is 21.3 Å². The fourth-order valence-electron chi connectivity index (χ4n) is 2.74. The molecule has 0 saturated carbocycles. The Balaban J connectivity index is 2.19. The molecule has 26 heavy (non-hydrogen) atoms. The third-order valence-corrected chi connectivity index (χ3v) is 5.26. The van der Waals surface area contributed by atoms with E-state index < -0.39 is 23.2 Å². The Morgan fingerprint density at radius 2 is 1.81 bits per heavy atom. The molecule has 1 unspecified atom stereocenters. The highest BCUT2D eigenvalue weighted by atomic mass is 32.1. The number of amides is 1. The van der Waals surface area contributed by atoms with Crippen molar-refractivity contribution in [3.63, 3.8) is 0 Å². The van der Waals surface area contributed by atoms with Gasteiger partial charge in [-0.1, -0.05) is 42.5 Å². The first-order valence-corrected chi connectivity index (χ1v) is 9.00. The lowest BCUT2D eigenvalue weighted by atomic mass is 10.1. The van der Waals surface area contributed by atoms with Crippen molar-refractivity contribution < 1.29 is 18.0 Å². The topological polar surface area (TPSA) is 34.4 Å². The number of alkyl halides is 3. The van der Waals surface area contributed by atoms with Gasteiger partial charge in [0, 0.05) is 6.04 Å². The monoisotopic (exact) mass is 378 g/mol. The second kappa shape index (κ2) is 7.07. The third kappa shape index (κ3) is 3.44. The number of benzene rings is 2. The summed E-state index contributed by atoms with van der Waals surface area (Å²) in [5.74, 6) is -0.887. The number of hydrogen-bond donors (Lipinski definition) is 0. The highest BCUT2D eigenvalue weighted by Gasteiger charge is 2.34. The van der Waals surface area contributed by atoms with Crippen molar-refractivity contribution in [3.8, 4) is 0 Å². The molecule has 0 spiro atoms. The van der Waals surface area contributed by atoms with Gasteiger partial charge in [0.25, 0.3) is 5.91 Å². The first-order valence-electron chi connectivity index (χ1n) is 8.18. The summed E-state index contributed by atoms with van der Waals surface area (Å²) in [6.45, 7) is 4.00. The molecular weight excluding hydrogens is 361 g/mol. The molecule has 0 aliphatic heterocycles. The molecule has 0 fully saturated rings. The Hall–Kier alpha value is -2.41. The lowest BCUT2D eigenvalue weighted by molar-refractivity contribution is -0.137. The number of hydrogen-bond acceptors (Lipinski definition) is 2. The Labute approximate surface area is 152 Å². The van der Waals surface area contributed by atoms with Gasteiger partial charge in [-0.15, -0.1) is 0 Å². The van der Waals surface area contributed by atoms with Crippen LogP contribution in [0.1, 0.15) is 42.2 Å². The van der Waals surface area contributed by atoms with Crippen LogP contribution in [0.5, 0.6) is 0 Å². The molecule has 0 bridgehead atoms. The number of halogens is 3. The molecule has 136 valence electrons. The number of thiazole rings is 1. The predicted molar refractivity (Wildman–Crippen MR) is 96.2 cm³/mol. The normalized spacial score (nSPS) is 14.0. The largest absolute Gasteiger partial charge is 0.417 e. The average molecular weight is 378 g/mol. The molecule has 0 aliphatic rings. The summed E-state index contributed by atoms with van der Waals surface area (Å²) >= 11 is 1.30. The summed E-state index contributed by atoms with van der Waals surface area (Å²) in [5, 5.41) is 0. The molecule has 0 N–H and O–H groups in total. The zero-order chi connectivity index (χ0) is 18.9. The van der Waals surface area contributed by atoms with Crippen molar-refractivity contribution in [2.75, 3.05) is 0 Å². The minimum atomic E-state index is -4.60. The van der Waals surface area contributed by atoms with Crippen LogP contribution in [-0.4, -0.2) is 10.5 Å². The number of para-hydroxylation sites is 1. The van der Waals surface area contributed by atoms with Crippen molar-refractivity contribution in [3.05, 3.63) is 64.5 Å². The summed E-state index contributed by atoms with van der Waals surface area (Å²) in [6.07, 6.45) is -3.80. The van der Waals surface area contributed by atoms with Crippen LogP contribution in [0.3, 0.4) is 0 Å². The van der Waals surface area contributed by atoms with Crippen molar-refractivity contribution in [2.24, 2.45) is 4.99 Å². The molecule has 0 saturated heterocycles. The maximum atomic E-state index is 13.2. The van der Waals surface area contributed by atoms with Crippen LogP contribution in [0.15, 0.2) is 53.5 Å². The van der Waals surface area contributed by atoms with Gasteiger partial charge in [-0.3, -0.25) is 4.79 Å². The Bertz CT molecular complexity index is 1020. The van der Waals surface area contributed by atoms with Gasteiger partial charge in [-0.25, -0.2) is 0 Å². The molecule has 2 aromatic carbocycles. The van der Waals surface area contributed by atoms with Crippen molar-refractivity contribution >= 4 is 27.5 Å². The lowest BCUT2D eigenvalue weighted by Gasteiger charge is -2.13. The smallest absolute Gasteiger partial charge is 0.314 e. The van der Waals surface area contributed by atoms with Crippen LogP contribution < -0.4 is 4.80 Å². The van der Waals surface area contributed by atoms with Crippen LogP contribution in [-0.2, 0) is 6.18 Å². The van der Waals surface area contributed by atoms with Gasteiger partial charge in [0.1, 0.15) is 0 Å². The zero-order valence-electron chi connectivity index (χ0n) is 14.2. The number of rotatable bonds is 3. The Kier molecular flexibility index (Phi) is 5.00. The molecule has 1 atom stereocenters. The summed E-state index contributed by atoms with van der Waals surface area (Å²) < 4.78 is 42.4. The minimum absolute atomic E-state index is 0.0653. The molecular formula is C19H17F3N2OS. The zero-order valence-corrected chi connectivity index (χ0v) is 15.1. The highest BCUT2D eigenvalue weighted by Crippen LogP contribution is 2.32. The van der Waals surface area contributed by atoms with E-state index in [2.05, 4.69) is 4.99 Å². The summed E-state index contributed by atoms with van der Waals surface area (Å²) in [7, 11) is 0. The van der Waals surface area contributed by atoms with Crippen LogP contribution in [0.2, 0.25) is 0 Å². The molecule has 0 radical (unpaired) electrons. The van der Waals surface area contributed by atoms with Gasteiger partial charge in [-0.05, 0) is 37.6 Å². The van der Waals surface area contributed by atoms with Gasteiger partial charge in [0.2, 0.25) is 0 Å². The molecule has 7 heteroatoms. The second-order valence-corrected chi connectivity index (χ2v) is 6.95. The van der Waals surface area contributed by atoms with E-state index in [1.165, 1.54) is 23.5 Å². The maximum Gasteiger partial charge on any atom is 0.417 e. The van der Waals surface area contributed by atoms with Gasteiger partial charge < -0.3 is 4.57 Å². The molecule has 1 heterocycles. The Morgan fingerprint density at radius 3 is 2.50 bits per heavy atom. The molecule has 3 aromatic rings. The van der Waals surface area contributed by atoms with Crippen LogP contribution >= 0.6 is 11.3 Å². The van der Waals surface area contributed by atoms with Gasteiger partial charge in [-0.2, -0.15) is 18.2 Å². The lowest BCUT2D eigenvalue weighted by Crippen LogP contribution is -2.21. The quantitative estimate of drug-likeness (QED) is 0.598. The molecule has 3 nitrogen and oxygen atoms in total. The molecule has 1 aromatic heterocycles. The number of aromatic nitrogens is 1. The minimum Gasteiger partial charge on any atom is -0.314 e. The fourth-order valence-corrected chi connectivity index (χ4v) is 3.86. The van der Waals surface area contributed by atoms with Crippen LogP contribution in [0.4, 0.5) is 13.2 Å². The number of nitrogens with zero attached hydrogens (tertiary/aromatic N) is 2. The van der Waals surface area contributed by atoms with E-state index in [9.17, 15) is 18.0 Å². The van der Waals surface area contributed by atoms with E-state index in [1.807, 2.05) is 42.7 Å². The SMILES string of the molecule is CCC(C)n1c(=NC(=O)c2ccccc2C(F)(F)F)sc2ccccc21. The Morgan fingerprint density at radius 1 is 1.15 bits per heavy atom. The van der Waals surface area contributed by atoms with E-state index in [0.717, 1.165) is 28.8 Å². The summed E-state index contributed by atoms with van der Waals surface area (Å²) in [5.41, 5.74) is -0.486. The van der Waals surface area contributed by atoms with Crippen molar-refractivity contribution in [2.45, 2.75) is 32.5 Å². The van der Waals surface area contributed by atoms with Gasteiger partial charge >= 0.3 is 6.18 Å². The van der Waals surface area contributed by atoms with E-state index in [1.54, 1.807) is 0 Å². The number of carbonyl (C=O) groups excluding carboxylic acids is 1. The standard InChI is InChI=1S/C19H17F3N2OS/c1-3-12(2)24-15-10-6-7-11-16(15)26-18(24)23-17(25)13-8-4-5-9-14(13)19(20,21)22/h4-12H,3H2,1-2H3. The van der Waals surface area contributed by atoms with E-state index in [0.29, 0.717) is 4.80 Å². The van der Waals surface area contributed by atoms with E-state index >= 15 is 0 Å². The fraction of sp³-hybridized carbons (Fsp3) is 0.263. The first-order chi connectivity index (χ1) is 12.3. The third-order valence-electron chi connectivity index (χ3n) is 4.22. The molecule has 3 rings (SSSR count). The van der Waals surface area contributed by atoms with Crippen LogP contribution in [0, 0.1) is 0 Å². The number of fused-ring (bicyclic) bond motifs is 1. The summed E-state index contributed by atoms with van der Waals surface area (Å²) in [6, 6.07) is 12.4. The van der Waals surface area contributed by atoms with Crippen molar-refractivity contribution in [1.29, 1.82) is 0 Å². The number of carbonyl (C=O) groups is 1. The molecule has 0 aliphatic carbocycles. The predicted octanol–water partition coefficient (Wildman–Crippen LogP) is 5.43. The average Bonchev–Trinajstić information content (AvgIpc) is 2.98. The van der Waals surface area contributed by atoms with Gasteiger partial charge in [0.15, 0.2) is 4.80 Å². The molecule has 1 amide bonds. The van der Waals surface area contributed by atoms with E-state index in [-0.39, 0.29) is 6.04 Å². The van der Waals surface area contributed by atoms with Crippen LogP contribution in [0.25, 0.3) is 10.2 Å². The summed E-state index contributed by atoms with van der Waals surface area (Å²) in [4.78, 5) is 17.0.